The van der Waals surface area contributed by atoms with Crippen LogP contribution in [0, 0.1) is 11.3 Å². The lowest BCUT2D eigenvalue weighted by atomic mass is 9.76. The molecule has 6 heteroatoms. The van der Waals surface area contributed by atoms with Gasteiger partial charge >= 0.3 is 7.12 Å². The minimum atomic E-state index is -0.567. The number of nitrogens with zero attached hydrogens (tertiary/aromatic N) is 2. The fraction of sp³-hybridized carbons (Fsp3) is 0.571. The van der Waals surface area contributed by atoms with E-state index in [9.17, 15) is 0 Å². The lowest BCUT2D eigenvalue weighted by Crippen LogP contribution is -2.41. The molecule has 5 nitrogen and oxygen atoms in total. The molecule has 1 aliphatic rings. The highest BCUT2D eigenvalue weighted by Gasteiger charge is 2.52. The molecular weight excluding hydrogens is 255 g/mol. The zero-order valence-corrected chi connectivity index (χ0v) is 12.3. The van der Waals surface area contributed by atoms with Crippen LogP contribution in [0.5, 0.6) is 0 Å². The van der Waals surface area contributed by atoms with E-state index in [0.717, 1.165) is 5.46 Å². The van der Waals surface area contributed by atoms with Gasteiger partial charge in [-0.25, -0.2) is 0 Å². The van der Waals surface area contributed by atoms with Crippen molar-refractivity contribution >= 4 is 12.6 Å². The minimum Gasteiger partial charge on any atom is -0.399 e. The summed E-state index contributed by atoms with van der Waals surface area (Å²) >= 11 is 0. The Kier molecular flexibility index (Phi) is 3.87. The maximum atomic E-state index is 9.13. The average Bonchev–Trinajstić information content (AvgIpc) is 2.59. The van der Waals surface area contributed by atoms with Crippen molar-refractivity contribution in [3.05, 3.63) is 23.5 Å². The topological polar surface area (TPSA) is 75.4 Å². The molecule has 0 unspecified atom stereocenters. The Bertz CT molecular complexity index is 536. The number of nitriles is 1. The molecule has 2 heterocycles. The predicted octanol–water partition coefficient (Wildman–Crippen LogP) is 0.787. The first-order valence-corrected chi connectivity index (χ1v) is 6.66. The van der Waals surface area contributed by atoms with E-state index in [1.54, 1.807) is 6.07 Å². The summed E-state index contributed by atoms with van der Waals surface area (Å²) in [5, 5.41) is 18.1. The van der Waals surface area contributed by atoms with E-state index in [0.29, 0.717) is 17.7 Å². The second kappa shape index (κ2) is 5.17. The van der Waals surface area contributed by atoms with E-state index < -0.39 is 18.3 Å². The van der Waals surface area contributed by atoms with Crippen LogP contribution in [0.1, 0.15) is 39.0 Å². The summed E-state index contributed by atoms with van der Waals surface area (Å²) in [6.45, 7) is 7.88. The lowest BCUT2D eigenvalue weighted by molar-refractivity contribution is 0.00578. The summed E-state index contributed by atoms with van der Waals surface area (Å²) < 4.78 is 12.0. The van der Waals surface area contributed by atoms with Crippen LogP contribution in [0.2, 0.25) is 0 Å². The molecule has 1 aromatic heterocycles. The quantitative estimate of drug-likeness (QED) is 0.825. The maximum Gasteiger partial charge on any atom is 0.496 e. The number of aromatic nitrogens is 1. The Labute approximate surface area is 119 Å². The standard InChI is InChI=1S/C14H19BN2O3/c1-13(2)14(3,4)20-15(19-13)11-7-10(8-16)9-17-12(11)5-6-18/h7,9,18H,5-6H2,1-4H3. The van der Waals surface area contributed by atoms with Gasteiger partial charge in [-0.2, -0.15) is 5.26 Å². The number of aliphatic hydroxyl groups excluding tert-OH is 1. The molecule has 1 saturated heterocycles. The van der Waals surface area contributed by atoms with Crippen molar-refractivity contribution in [2.24, 2.45) is 0 Å². The average molecular weight is 274 g/mol. The van der Waals surface area contributed by atoms with Crippen LogP contribution in [0.3, 0.4) is 0 Å². The van der Waals surface area contributed by atoms with Gasteiger partial charge in [-0.15, -0.1) is 0 Å². The molecule has 0 radical (unpaired) electrons. The van der Waals surface area contributed by atoms with Gasteiger partial charge in [-0.05, 0) is 33.8 Å². The van der Waals surface area contributed by atoms with Gasteiger partial charge < -0.3 is 14.4 Å². The first-order valence-electron chi connectivity index (χ1n) is 6.66. The van der Waals surface area contributed by atoms with Gasteiger partial charge in [-0.3, -0.25) is 4.98 Å². The molecule has 1 N–H and O–H groups in total. The summed E-state index contributed by atoms with van der Waals surface area (Å²) in [6.07, 6.45) is 1.91. The number of rotatable bonds is 3. The molecule has 1 aromatic rings. The van der Waals surface area contributed by atoms with Gasteiger partial charge in [0.15, 0.2) is 0 Å². The molecule has 106 valence electrons. The van der Waals surface area contributed by atoms with Crippen molar-refractivity contribution in [1.29, 1.82) is 5.26 Å². The summed E-state index contributed by atoms with van der Waals surface area (Å²) in [5.41, 5.74) is 0.978. The second-order valence-electron chi connectivity index (χ2n) is 5.93. The summed E-state index contributed by atoms with van der Waals surface area (Å²) in [4.78, 5) is 4.24. The summed E-state index contributed by atoms with van der Waals surface area (Å²) in [6, 6.07) is 3.79. The van der Waals surface area contributed by atoms with Crippen LogP contribution in [-0.2, 0) is 15.7 Å². The number of pyridine rings is 1. The van der Waals surface area contributed by atoms with Gasteiger partial charge in [0, 0.05) is 30.4 Å². The third-order valence-corrected chi connectivity index (χ3v) is 3.99. The molecule has 0 spiro atoms. The zero-order chi connectivity index (χ0) is 15.0. The Morgan fingerprint density at radius 2 is 1.90 bits per heavy atom. The molecule has 0 aliphatic carbocycles. The van der Waals surface area contributed by atoms with Crippen molar-refractivity contribution in [2.45, 2.75) is 45.3 Å². The van der Waals surface area contributed by atoms with Crippen LogP contribution in [0.15, 0.2) is 12.3 Å². The normalized spacial score (nSPS) is 19.9. The van der Waals surface area contributed by atoms with Crippen molar-refractivity contribution in [3.63, 3.8) is 0 Å². The molecule has 1 aliphatic heterocycles. The van der Waals surface area contributed by atoms with Crippen LogP contribution in [0.25, 0.3) is 0 Å². The molecular formula is C14H19BN2O3. The molecule has 0 amide bonds. The van der Waals surface area contributed by atoms with E-state index in [1.165, 1.54) is 6.20 Å². The van der Waals surface area contributed by atoms with Gasteiger partial charge in [-0.1, -0.05) is 0 Å². The molecule has 2 rings (SSSR count). The minimum absolute atomic E-state index is 0.00853. The van der Waals surface area contributed by atoms with Gasteiger partial charge in [0.2, 0.25) is 0 Å². The number of hydrogen-bond donors (Lipinski definition) is 1. The second-order valence-corrected chi connectivity index (χ2v) is 5.93. The van der Waals surface area contributed by atoms with Crippen molar-refractivity contribution < 1.29 is 14.4 Å². The Morgan fingerprint density at radius 3 is 2.40 bits per heavy atom. The van der Waals surface area contributed by atoms with Gasteiger partial charge in [0.25, 0.3) is 0 Å². The monoisotopic (exact) mass is 274 g/mol. The first kappa shape index (κ1) is 15.0. The van der Waals surface area contributed by atoms with Crippen LogP contribution in [-0.4, -0.2) is 35.0 Å². The fourth-order valence-electron chi connectivity index (χ4n) is 2.06. The van der Waals surface area contributed by atoms with Crippen molar-refractivity contribution in [2.75, 3.05) is 6.61 Å². The van der Waals surface area contributed by atoms with E-state index in [-0.39, 0.29) is 6.61 Å². The summed E-state index contributed by atoms with van der Waals surface area (Å²) in [5.74, 6) is 0. The molecule has 0 bridgehead atoms. The number of hydrogen-bond acceptors (Lipinski definition) is 5. The zero-order valence-electron chi connectivity index (χ0n) is 12.3. The smallest absolute Gasteiger partial charge is 0.399 e. The highest BCUT2D eigenvalue weighted by Crippen LogP contribution is 2.36. The highest BCUT2D eigenvalue weighted by atomic mass is 16.7. The summed E-state index contributed by atoms with van der Waals surface area (Å²) in [7, 11) is -0.567. The van der Waals surface area contributed by atoms with Gasteiger partial charge in [0.1, 0.15) is 6.07 Å². The van der Waals surface area contributed by atoms with Gasteiger partial charge in [0.05, 0.1) is 16.8 Å². The molecule has 0 atom stereocenters. The third-order valence-electron chi connectivity index (χ3n) is 3.99. The maximum absolute atomic E-state index is 9.13. The highest BCUT2D eigenvalue weighted by molar-refractivity contribution is 6.62. The van der Waals surface area contributed by atoms with Crippen LogP contribution >= 0.6 is 0 Å². The van der Waals surface area contributed by atoms with Crippen molar-refractivity contribution in [3.8, 4) is 6.07 Å². The fourth-order valence-corrected chi connectivity index (χ4v) is 2.06. The van der Waals surface area contributed by atoms with E-state index in [4.69, 9.17) is 19.7 Å². The SMILES string of the molecule is CC1(C)OB(c2cc(C#N)cnc2CCO)OC1(C)C. The van der Waals surface area contributed by atoms with Crippen LogP contribution < -0.4 is 5.46 Å². The molecule has 0 saturated carbocycles. The van der Waals surface area contributed by atoms with E-state index >= 15 is 0 Å². The Hall–Kier alpha value is -1.42. The molecule has 20 heavy (non-hydrogen) atoms. The first-order chi connectivity index (χ1) is 9.30. The molecule has 1 fully saturated rings. The largest absolute Gasteiger partial charge is 0.496 e. The predicted molar refractivity (Wildman–Crippen MR) is 75.5 cm³/mol. The van der Waals surface area contributed by atoms with E-state index in [2.05, 4.69) is 11.1 Å². The Morgan fingerprint density at radius 1 is 1.30 bits per heavy atom. The Balaban J connectivity index is 2.40. The third kappa shape index (κ3) is 2.57. The molecule has 0 aromatic carbocycles. The lowest BCUT2D eigenvalue weighted by Gasteiger charge is -2.32. The van der Waals surface area contributed by atoms with Crippen LogP contribution in [0.4, 0.5) is 0 Å². The van der Waals surface area contributed by atoms with E-state index in [1.807, 2.05) is 27.7 Å². The van der Waals surface area contributed by atoms with Crippen molar-refractivity contribution in [1.82, 2.24) is 4.98 Å². The number of aliphatic hydroxyl groups is 1.